The van der Waals surface area contributed by atoms with Gasteiger partial charge in [-0.25, -0.2) is 0 Å². The van der Waals surface area contributed by atoms with E-state index in [-0.39, 0.29) is 5.75 Å². The van der Waals surface area contributed by atoms with E-state index in [1.165, 1.54) is 0 Å². The van der Waals surface area contributed by atoms with Crippen molar-refractivity contribution in [1.29, 1.82) is 0 Å². The SMILES string of the molecule is COc1ccc(COC/C=C(\C)Cc2c(C)cc(OC)cc2O)cc1. The number of hydrogen-bond donors (Lipinski definition) is 1. The number of aryl methyl sites for hydroxylation is 1. The highest BCUT2D eigenvalue weighted by Crippen LogP contribution is 2.29. The van der Waals surface area contributed by atoms with Crippen LogP contribution in [0, 0.1) is 6.92 Å². The van der Waals surface area contributed by atoms with Gasteiger partial charge in [-0.2, -0.15) is 0 Å². The number of aromatic hydroxyl groups is 1. The molecule has 2 aromatic carbocycles. The van der Waals surface area contributed by atoms with Gasteiger partial charge in [-0.1, -0.05) is 23.8 Å². The molecular weight excluding hydrogens is 316 g/mol. The zero-order chi connectivity index (χ0) is 18.2. The van der Waals surface area contributed by atoms with Crippen LogP contribution in [0.2, 0.25) is 0 Å². The van der Waals surface area contributed by atoms with Crippen molar-refractivity contribution in [2.24, 2.45) is 0 Å². The molecule has 0 radical (unpaired) electrons. The summed E-state index contributed by atoms with van der Waals surface area (Å²) >= 11 is 0. The lowest BCUT2D eigenvalue weighted by Gasteiger charge is -2.11. The zero-order valence-corrected chi connectivity index (χ0v) is 15.3. The molecular formula is C21H26O4. The Morgan fingerprint density at radius 2 is 1.72 bits per heavy atom. The van der Waals surface area contributed by atoms with Gasteiger partial charge in [0.25, 0.3) is 0 Å². The van der Waals surface area contributed by atoms with Crippen LogP contribution in [0.25, 0.3) is 0 Å². The van der Waals surface area contributed by atoms with E-state index in [0.29, 0.717) is 25.4 Å². The van der Waals surface area contributed by atoms with Gasteiger partial charge in [0.05, 0.1) is 27.4 Å². The topological polar surface area (TPSA) is 47.9 Å². The van der Waals surface area contributed by atoms with Gasteiger partial charge in [-0.05, 0) is 49.6 Å². The molecule has 0 spiro atoms. The summed E-state index contributed by atoms with van der Waals surface area (Å²) in [6, 6.07) is 11.4. The third-order valence-corrected chi connectivity index (χ3v) is 4.09. The van der Waals surface area contributed by atoms with Crippen molar-refractivity contribution in [2.75, 3.05) is 20.8 Å². The smallest absolute Gasteiger partial charge is 0.123 e. The van der Waals surface area contributed by atoms with E-state index >= 15 is 0 Å². The molecule has 4 heteroatoms. The highest BCUT2D eigenvalue weighted by molar-refractivity contribution is 5.46. The Morgan fingerprint density at radius 1 is 1.04 bits per heavy atom. The summed E-state index contributed by atoms with van der Waals surface area (Å²) in [5, 5.41) is 10.2. The quantitative estimate of drug-likeness (QED) is 0.570. The van der Waals surface area contributed by atoms with Crippen molar-refractivity contribution in [2.45, 2.75) is 26.9 Å². The number of benzene rings is 2. The van der Waals surface area contributed by atoms with Gasteiger partial charge in [-0.15, -0.1) is 0 Å². The van der Waals surface area contributed by atoms with Crippen molar-refractivity contribution >= 4 is 0 Å². The molecule has 0 atom stereocenters. The minimum Gasteiger partial charge on any atom is -0.508 e. The minimum atomic E-state index is 0.267. The van der Waals surface area contributed by atoms with Gasteiger partial charge in [0, 0.05) is 11.6 Å². The van der Waals surface area contributed by atoms with E-state index in [1.54, 1.807) is 20.3 Å². The van der Waals surface area contributed by atoms with Crippen LogP contribution in [-0.4, -0.2) is 25.9 Å². The Bertz CT molecular complexity index is 694. The molecule has 0 aliphatic carbocycles. The lowest BCUT2D eigenvalue weighted by Crippen LogP contribution is -1.97. The Labute approximate surface area is 149 Å². The van der Waals surface area contributed by atoms with Gasteiger partial charge in [0.2, 0.25) is 0 Å². The van der Waals surface area contributed by atoms with Crippen molar-refractivity contribution in [1.82, 2.24) is 0 Å². The number of hydrogen-bond acceptors (Lipinski definition) is 4. The number of phenolic OH excluding ortho intramolecular Hbond substituents is 1. The molecule has 0 aromatic heterocycles. The van der Waals surface area contributed by atoms with Gasteiger partial charge >= 0.3 is 0 Å². The van der Waals surface area contributed by atoms with Crippen LogP contribution in [0.15, 0.2) is 48.0 Å². The van der Waals surface area contributed by atoms with Crippen LogP contribution in [0.1, 0.15) is 23.6 Å². The fourth-order valence-corrected chi connectivity index (χ4v) is 2.56. The largest absolute Gasteiger partial charge is 0.508 e. The normalized spacial score (nSPS) is 11.4. The number of phenols is 1. The van der Waals surface area contributed by atoms with E-state index in [2.05, 4.69) is 0 Å². The lowest BCUT2D eigenvalue weighted by molar-refractivity contribution is 0.148. The maximum atomic E-state index is 10.2. The van der Waals surface area contributed by atoms with E-state index < -0.39 is 0 Å². The number of rotatable bonds is 8. The van der Waals surface area contributed by atoms with E-state index in [1.807, 2.05) is 50.3 Å². The number of allylic oxidation sites excluding steroid dienone is 1. The molecule has 134 valence electrons. The minimum absolute atomic E-state index is 0.267. The summed E-state index contributed by atoms with van der Waals surface area (Å²) in [7, 11) is 3.25. The highest BCUT2D eigenvalue weighted by atomic mass is 16.5. The first-order valence-electron chi connectivity index (χ1n) is 8.26. The third-order valence-electron chi connectivity index (χ3n) is 4.09. The fraction of sp³-hybridized carbons (Fsp3) is 0.333. The van der Waals surface area contributed by atoms with E-state index in [4.69, 9.17) is 14.2 Å². The summed E-state index contributed by atoms with van der Waals surface area (Å²) in [6.45, 7) is 5.11. The lowest BCUT2D eigenvalue weighted by atomic mass is 10.00. The van der Waals surface area contributed by atoms with Crippen LogP contribution in [0.5, 0.6) is 17.2 Å². The molecule has 0 fully saturated rings. The summed E-state index contributed by atoms with van der Waals surface area (Å²) in [6.07, 6.45) is 2.74. The summed E-state index contributed by atoms with van der Waals surface area (Å²) in [4.78, 5) is 0. The molecule has 0 bridgehead atoms. The predicted octanol–water partition coefficient (Wildman–Crippen LogP) is 4.42. The van der Waals surface area contributed by atoms with Crippen LogP contribution in [0.4, 0.5) is 0 Å². The highest BCUT2D eigenvalue weighted by Gasteiger charge is 2.08. The molecule has 2 rings (SSSR count). The Balaban J connectivity index is 1.87. The Kier molecular flexibility index (Phi) is 6.90. The molecule has 25 heavy (non-hydrogen) atoms. The maximum Gasteiger partial charge on any atom is 0.123 e. The van der Waals surface area contributed by atoms with Crippen molar-refractivity contribution in [3.05, 3.63) is 64.7 Å². The number of methoxy groups -OCH3 is 2. The Morgan fingerprint density at radius 3 is 2.32 bits per heavy atom. The summed E-state index contributed by atoms with van der Waals surface area (Å²) in [5.74, 6) is 1.78. The van der Waals surface area contributed by atoms with Gasteiger partial charge < -0.3 is 19.3 Å². The second-order valence-corrected chi connectivity index (χ2v) is 6.03. The van der Waals surface area contributed by atoms with Crippen molar-refractivity contribution in [3.63, 3.8) is 0 Å². The first kappa shape index (κ1) is 18.9. The van der Waals surface area contributed by atoms with E-state index in [0.717, 1.165) is 28.0 Å². The Hall–Kier alpha value is -2.46. The molecule has 0 saturated carbocycles. The molecule has 0 aliphatic heterocycles. The second-order valence-electron chi connectivity index (χ2n) is 6.03. The maximum absolute atomic E-state index is 10.2. The molecule has 0 amide bonds. The van der Waals surface area contributed by atoms with Crippen LogP contribution >= 0.6 is 0 Å². The predicted molar refractivity (Wildman–Crippen MR) is 99.5 cm³/mol. The van der Waals surface area contributed by atoms with Gasteiger partial charge in [0.1, 0.15) is 17.2 Å². The summed E-state index contributed by atoms with van der Waals surface area (Å²) in [5.41, 5.74) is 4.20. The van der Waals surface area contributed by atoms with Crippen LogP contribution < -0.4 is 9.47 Å². The average molecular weight is 342 g/mol. The first-order chi connectivity index (χ1) is 12.0. The molecule has 4 nitrogen and oxygen atoms in total. The van der Waals surface area contributed by atoms with Crippen LogP contribution in [-0.2, 0) is 17.8 Å². The molecule has 0 aliphatic rings. The summed E-state index contributed by atoms with van der Waals surface area (Å²) < 4.78 is 16.0. The third kappa shape index (κ3) is 5.54. The molecule has 0 heterocycles. The van der Waals surface area contributed by atoms with Gasteiger partial charge in [0.15, 0.2) is 0 Å². The van der Waals surface area contributed by atoms with Gasteiger partial charge in [-0.3, -0.25) is 0 Å². The molecule has 0 unspecified atom stereocenters. The van der Waals surface area contributed by atoms with E-state index in [9.17, 15) is 5.11 Å². The van der Waals surface area contributed by atoms with Crippen LogP contribution in [0.3, 0.4) is 0 Å². The average Bonchev–Trinajstić information content (AvgIpc) is 2.62. The molecule has 2 aromatic rings. The first-order valence-corrected chi connectivity index (χ1v) is 8.26. The second kappa shape index (κ2) is 9.14. The van der Waals surface area contributed by atoms with Crippen molar-refractivity contribution < 1.29 is 19.3 Å². The number of ether oxygens (including phenoxy) is 3. The standard InChI is InChI=1S/C21H26O4/c1-15(11-20-16(2)12-19(24-4)13-21(20)22)9-10-25-14-17-5-7-18(23-3)8-6-17/h5-9,12-13,22H,10-11,14H2,1-4H3/b15-9+. The monoisotopic (exact) mass is 342 g/mol. The zero-order valence-electron chi connectivity index (χ0n) is 15.3. The molecule has 0 saturated heterocycles. The molecule has 1 N–H and O–H groups in total. The fourth-order valence-electron chi connectivity index (χ4n) is 2.56. The van der Waals surface area contributed by atoms with Crippen molar-refractivity contribution in [3.8, 4) is 17.2 Å².